The van der Waals surface area contributed by atoms with Gasteiger partial charge in [-0.05, 0) is 170 Å². The van der Waals surface area contributed by atoms with Crippen LogP contribution in [0.2, 0.25) is 0 Å². The van der Waals surface area contributed by atoms with Crippen molar-refractivity contribution in [3.8, 4) is 34.2 Å². The van der Waals surface area contributed by atoms with E-state index in [1.165, 1.54) is 88.4 Å². The lowest BCUT2D eigenvalue weighted by molar-refractivity contribution is 0.608. The summed E-state index contributed by atoms with van der Waals surface area (Å²) in [5, 5.41) is 7.16. The minimum absolute atomic E-state index is 0.192. The number of aromatic nitrogens is 3. The van der Waals surface area contributed by atoms with Crippen molar-refractivity contribution in [2.24, 2.45) is 5.92 Å². The average Bonchev–Trinajstić information content (AvgIpc) is 1.66. The van der Waals surface area contributed by atoms with E-state index in [-0.39, 0.29) is 5.92 Å². The number of hydrogen-bond donors (Lipinski definition) is 0. The van der Waals surface area contributed by atoms with Gasteiger partial charge in [-0.3, -0.25) is 0 Å². The molecule has 0 N–H and O–H groups in total. The van der Waals surface area contributed by atoms with Gasteiger partial charge in [-0.25, -0.2) is 15.0 Å². The van der Waals surface area contributed by atoms with Gasteiger partial charge in [0.15, 0.2) is 17.5 Å². The summed E-state index contributed by atoms with van der Waals surface area (Å²) >= 11 is 0. The lowest BCUT2D eigenvalue weighted by atomic mass is 9.75. The van der Waals surface area contributed by atoms with Gasteiger partial charge >= 0.3 is 0 Å². The maximum absolute atomic E-state index is 5.14. The summed E-state index contributed by atoms with van der Waals surface area (Å²) in [6.07, 6.45) is 11.6. The van der Waals surface area contributed by atoms with E-state index in [1.807, 2.05) is 36.4 Å². The second-order valence-corrected chi connectivity index (χ2v) is 24.1. The van der Waals surface area contributed by atoms with Crippen molar-refractivity contribution in [1.82, 2.24) is 15.0 Å². The topological polar surface area (TPSA) is 45.2 Å². The van der Waals surface area contributed by atoms with Gasteiger partial charge in [0.05, 0.1) is 5.54 Å². The summed E-state index contributed by atoms with van der Waals surface area (Å²) in [7, 11) is 0. The summed E-state index contributed by atoms with van der Waals surface area (Å²) < 4.78 is 0. The molecule has 16 rings (SSSR count). The Morgan fingerprint density at radius 2 is 0.899 bits per heavy atom. The molecule has 5 nitrogen and oxygen atoms in total. The van der Waals surface area contributed by atoms with Crippen LogP contribution in [-0.2, 0) is 0 Å². The molecule has 2 heterocycles. The van der Waals surface area contributed by atoms with E-state index in [4.69, 9.17) is 15.0 Å². The molecule has 0 saturated heterocycles. The molecule has 0 saturated carbocycles. The van der Waals surface area contributed by atoms with E-state index in [1.54, 1.807) is 0 Å². The molecular formula is C84H63N5. The molecule has 0 radical (unpaired) electrons. The molecular weight excluding hydrogens is 1080 g/mol. The smallest absolute Gasteiger partial charge is 0.164 e. The van der Waals surface area contributed by atoms with Crippen LogP contribution >= 0.6 is 0 Å². The molecule has 5 heteroatoms. The van der Waals surface area contributed by atoms with Crippen molar-refractivity contribution >= 4 is 77.5 Å². The molecule has 2 atom stereocenters. The minimum atomic E-state index is -0.392. The lowest BCUT2D eigenvalue weighted by Crippen LogP contribution is -2.40. The van der Waals surface area contributed by atoms with Crippen molar-refractivity contribution in [2.75, 3.05) is 9.80 Å². The summed E-state index contributed by atoms with van der Waals surface area (Å²) in [6, 6.07) is 103. The quantitative estimate of drug-likeness (QED) is 0.114. The number of para-hydroxylation sites is 2. The Bertz CT molecular complexity index is 4800. The van der Waals surface area contributed by atoms with E-state index in [0.29, 0.717) is 23.4 Å². The van der Waals surface area contributed by atoms with Gasteiger partial charge in [0.1, 0.15) is 0 Å². The zero-order valence-electron chi connectivity index (χ0n) is 49.7. The van der Waals surface area contributed by atoms with E-state index in [2.05, 4.69) is 297 Å². The molecule has 0 fully saturated rings. The Morgan fingerprint density at radius 3 is 1.47 bits per heavy atom. The third kappa shape index (κ3) is 9.63. The maximum atomic E-state index is 5.14. The van der Waals surface area contributed by atoms with Gasteiger partial charge in [0, 0.05) is 56.6 Å². The fourth-order valence-corrected chi connectivity index (χ4v) is 14.3. The Balaban J connectivity index is 0.812. The monoisotopic (exact) mass is 1140 g/mol. The number of benzene rings is 12. The molecule has 0 amide bonds. The van der Waals surface area contributed by atoms with E-state index in [0.717, 1.165) is 52.0 Å². The van der Waals surface area contributed by atoms with Gasteiger partial charge in [0.25, 0.3) is 0 Å². The zero-order chi connectivity index (χ0) is 59.4. The molecule has 424 valence electrons. The molecule has 2 aliphatic carbocycles. The van der Waals surface area contributed by atoms with Crippen LogP contribution in [0.15, 0.2) is 315 Å². The van der Waals surface area contributed by atoms with Gasteiger partial charge in [-0.15, -0.1) is 0 Å². The Labute approximate surface area is 520 Å². The van der Waals surface area contributed by atoms with Gasteiger partial charge in [0.2, 0.25) is 0 Å². The second kappa shape index (κ2) is 22.4. The fraction of sp³-hybridized carbons (Fsp3) is 0.0833. The van der Waals surface area contributed by atoms with Crippen LogP contribution in [0, 0.1) is 5.92 Å². The van der Waals surface area contributed by atoms with Crippen LogP contribution in [0.25, 0.3) is 83.2 Å². The van der Waals surface area contributed by atoms with Gasteiger partial charge in [-0.1, -0.05) is 249 Å². The maximum Gasteiger partial charge on any atom is 0.164 e. The third-order valence-corrected chi connectivity index (χ3v) is 18.7. The summed E-state index contributed by atoms with van der Waals surface area (Å²) in [5.74, 6) is 2.43. The van der Waals surface area contributed by atoms with Crippen LogP contribution < -0.4 is 9.80 Å². The molecule has 3 aliphatic rings. The first kappa shape index (κ1) is 53.5. The van der Waals surface area contributed by atoms with E-state index < -0.39 is 5.54 Å². The summed E-state index contributed by atoms with van der Waals surface area (Å²) in [4.78, 5) is 20.2. The lowest BCUT2D eigenvalue weighted by Gasteiger charge is -2.40. The fourth-order valence-electron chi connectivity index (χ4n) is 14.3. The average molecular weight is 1140 g/mol. The molecule has 12 aromatic carbocycles. The first-order chi connectivity index (χ1) is 43.9. The van der Waals surface area contributed by atoms with Crippen LogP contribution in [-0.4, -0.2) is 20.5 Å². The number of allylic oxidation sites excluding steroid dienone is 6. The minimum Gasteiger partial charge on any atom is -0.331 e. The van der Waals surface area contributed by atoms with Crippen LogP contribution in [0.4, 0.5) is 28.4 Å². The van der Waals surface area contributed by atoms with Crippen molar-refractivity contribution < 1.29 is 0 Å². The van der Waals surface area contributed by atoms with E-state index in [9.17, 15) is 0 Å². The molecule has 13 aromatic rings. The molecule has 89 heavy (non-hydrogen) atoms. The first-order valence-corrected chi connectivity index (χ1v) is 31.0. The Morgan fingerprint density at radius 1 is 0.427 bits per heavy atom. The van der Waals surface area contributed by atoms with Gasteiger partial charge < -0.3 is 9.80 Å². The number of hydrogen-bond acceptors (Lipinski definition) is 5. The highest BCUT2D eigenvalue weighted by Crippen LogP contribution is 2.57. The summed E-state index contributed by atoms with van der Waals surface area (Å²) in [5.41, 5.74) is 20.0. The number of nitrogens with zero attached hydrogens (tertiary/aromatic N) is 5. The zero-order valence-corrected chi connectivity index (χ0v) is 49.7. The van der Waals surface area contributed by atoms with Crippen molar-refractivity contribution in [2.45, 2.75) is 38.1 Å². The first-order valence-electron chi connectivity index (χ1n) is 31.0. The normalized spacial score (nSPS) is 16.2. The highest BCUT2D eigenvalue weighted by atomic mass is 15.2. The standard InChI is InChI=1S/C84H63N5/c1-56-51-64(80(58-23-9-3-10-24-58)59-25-11-4-12-26-59)39-45-70(56)63-41-48-79-77(52-63)78-54-62(57-37-42-68(43-38-57)88(66-31-17-7-18-32-66)67-33-19-8-20-34-67)49-50-84(78,2)89(79)69-44-47-74-73-46-40-65(53-75(73)71-35-21-22-36-72(71)76(74)55-69)83-86-81(60-27-13-5-14-28-60)85-82(87-83)61-29-15-6-16-30-61/h3-49,52-56,80H,50-51H2,1-2H3. The van der Waals surface area contributed by atoms with Crippen LogP contribution in [0.3, 0.4) is 0 Å². The number of rotatable bonds is 12. The van der Waals surface area contributed by atoms with Crippen molar-refractivity contribution in [1.29, 1.82) is 0 Å². The van der Waals surface area contributed by atoms with Crippen LogP contribution in [0.1, 0.15) is 60.4 Å². The SMILES string of the molecule is CC1CC(C(c2ccccc2)c2ccccc2)=CC=C1c1ccc2c(c1)C1=CC(c3ccc(N(c4ccccc4)c4ccccc4)cc3)=CCC1(C)N2c1ccc2c3ccc(-c4nc(-c5ccccc5)nc(-c5ccccc5)n4)cc3c3ccccc3c2c1. The van der Waals surface area contributed by atoms with Crippen molar-refractivity contribution in [3.05, 3.63) is 343 Å². The molecule has 0 bridgehead atoms. The molecule has 0 spiro atoms. The van der Waals surface area contributed by atoms with Crippen LogP contribution in [0.5, 0.6) is 0 Å². The number of fused-ring (bicyclic) bond motifs is 9. The van der Waals surface area contributed by atoms with Crippen molar-refractivity contribution in [3.63, 3.8) is 0 Å². The second-order valence-electron chi connectivity index (χ2n) is 24.1. The molecule has 1 aromatic heterocycles. The Hall–Kier alpha value is -11.0. The third-order valence-electron chi connectivity index (χ3n) is 18.7. The summed E-state index contributed by atoms with van der Waals surface area (Å²) in [6.45, 7) is 4.87. The Kier molecular flexibility index (Phi) is 13.4. The highest BCUT2D eigenvalue weighted by Gasteiger charge is 2.46. The van der Waals surface area contributed by atoms with E-state index >= 15 is 0 Å². The highest BCUT2D eigenvalue weighted by molar-refractivity contribution is 6.26. The predicted molar refractivity (Wildman–Crippen MR) is 372 cm³/mol. The predicted octanol–water partition coefficient (Wildman–Crippen LogP) is 21.8. The molecule has 2 unspecified atom stereocenters. The van der Waals surface area contributed by atoms with Gasteiger partial charge in [-0.2, -0.15) is 0 Å². The largest absolute Gasteiger partial charge is 0.331 e. The number of anilines is 5. The molecule has 1 aliphatic heterocycles.